The summed E-state index contributed by atoms with van der Waals surface area (Å²) in [6, 6.07) is 11.9. The van der Waals surface area contributed by atoms with Crippen molar-refractivity contribution in [2.75, 3.05) is 18.8 Å². The number of benzene rings is 2. The van der Waals surface area contributed by atoms with Crippen molar-refractivity contribution in [3.63, 3.8) is 0 Å². The predicted octanol–water partition coefficient (Wildman–Crippen LogP) is 2.69. The van der Waals surface area contributed by atoms with E-state index in [1.165, 1.54) is 12.1 Å². The maximum atomic E-state index is 12.6. The molecule has 186 valence electrons. The average molecular weight is 568 g/mol. The van der Waals surface area contributed by atoms with Crippen LogP contribution in [-0.4, -0.2) is 28.0 Å². The van der Waals surface area contributed by atoms with Gasteiger partial charge in [-0.15, -0.1) is 0 Å². The summed E-state index contributed by atoms with van der Waals surface area (Å²) < 4.78 is 2.25. The summed E-state index contributed by atoms with van der Waals surface area (Å²) in [5.74, 6) is 0.938. The lowest BCUT2D eigenvalue weighted by Crippen LogP contribution is -2.26. The SMILES string of the molecule is CCNCCS.CCn1c(=O)c2cc3c(=O)n(Cc4ccccc4)c(=O)c3cc2c1=O.P=S.P=S. The van der Waals surface area contributed by atoms with Gasteiger partial charge in [-0.1, -0.05) is 60.9 Å². The molecule has 7 nitrogen and oxygen atoms in total. The largest absolute Gasteiger partial charge is 0.316 e. The highest BCUT2D eigenvalue weighted by atomic mass is 32.4. The van der Waals surface area contributed by atoms with Crippen LogP contribution in [0.3, 0.4) is 0 Å². The molecule has 0 atom stereocenters. The van der Waals surface area contributed by atoms with E-state index in [9.17, 15) is 19.2 Å². The molecule has 1 N–H and O–H groups in total. The summed E-state index contributed by atoms with van der Waals surface area (Å²) in [7, 11) is 5.11. The van der Waals surface area contributed by atoms with E-state index in [-0.39, 0.29) is 34.6 Å². The van der Waals surface area contributed by atoms with Crippen molar-refractivity contribution in [2.45, 2.75) is 26.9 Å². The molecule has 0 bridgehead atoms. The van der Waals surface area contributed by atoms with E-state index in [4.69, 9.17) is 0 Å². The van der Waals surface area contributed by atoms with Crippen molar-refractivity contribution in [3.8, 4) is 0 Å². The first-order valence-electron chi connectivity index (χ1n) is 10.6. The minimum absolute atomic E-state index is 0.154. The molecular weight excluding hydrogens is 540 g/mol. The van der Waals surface area contributed by atoms with Crippen molar-refractivity contribution in [1.29, 1.82) is 0 Å². The van der Waals surface area contributed by atoms with E-state index in [0.717, 1.165) is 33.5 Å². The Balaban J connectivity index is 0.000000531. The minimum Gasteiger partial charge on any atom is -0.316 e. The molecule has 0 unspecified atom stereocenters. The summed E-state index contributed by atoms with van der Waals surface area (Å²) >= 11 is 11.8. The predicted molar refractivity (Wildman–Crippen MR) is 160 cm³/mol. The number of hydrogen-bond donors (Lipinski definition) is 2. The first-order valence-corrected chi connectivity index (χ1v) is 14.5. The Kier molecular flexibility index (Phi) is 14.2. The molecule has 0 spiro atoms. The van der Waals surface area contributed by atoms with Crippen molar-refractivity contribution < 1.29 is 0 Å². The number of hydrogen-bond acceptors (Lipinski definition) is 8. The Hall–Kier alpha value is -1.93. The number of aromatic nitrogens is 2. The fourth-order valence-corrected chi connectivity index (χ4v) is 3.68. The van der Waals surface area contributed by atoms with Gasteiger partial charge in [0.2, 0.25) is 0 Å². The van der Waals surface area contributed by atoms with Gasteiger partial charge in [-0.3, -0.25) is 28.3 Å². The van der Waals surface area contributed by atoms with Crippen LogP contribution < -0.4 is 27.6 Å². The van der Waals surface area contributed by atoms with Gasteiger partial charge in [0.05, 0.1) is 28.1 Å². The van der Waals surface area contributed by atoms with Crippen LogP contribution in [0.15, 0.2) is 61.6 Å². The number of nitrogens with one attached hydrogen (secondary N) is 1. The Bertz CT molecular complexity index is 1360. The Morgan fingerprint density at radius 2 is 1.20 bits per heavy atom. The van der Waals surface area contributed by atoms with Crippen LogP contribution in [0.5, 0.6) is 0 Å². The maximum absolute atomic E-state index is 12.6. The maximum Gasteiger partial charge on any atom is 0.261 e. The van der Waals surface area contributed by atoms with Crippen LogP contribution in [0.2, 0.25) is 0 Å². The van der Waals surface area contributed by atoms with Gasteiger partial charge in [-0.2, -0.15) is 12.6 Å². The quantitative estimate of drug-likeness (QED) is 0.210. The van der Waals surface area contributed by atoms with Gasteiger partial charge in [-0.25, -0.2) is 0 Å². The van der Waals surface area contributed by atoms with Crippen LogP contribution in [0, 0.1) is 0 Å². The van der Waals surface area contributed by atoms with Crippen LogP contribution in [0.25, 0.3) is 21.5 Å². The fourth-order valence-electron chi connectivity index (χ4n) is 3.53. The molecule has 0 radical (unpaired) electrons. The Labute approximate surface area is 222 Å². The lowest BCUT2D eigenvalue weighted by molar-refractivity contribution is 0.722. The van der Waals surface area contributed by atoms with Crippen LogP contribution in [-0.2, 0) is 36.7 Å². The first kappa shape index (κ1) is 31.1. The van der Waals surface area contributed by atoms with E-state index in [1.54, 1.807) is 6.92 Å². The standard InChI is InChI=1S/C19H14N2O4.C4H11NS.2HPS/c1-2-20-16(22)12-8-14-15(9-13(12)17(20)23)19(25)21(18(14)24)10-11-6-4-3-5-7-11;1-2-5-3-4-6;2*1-2/h3-9H,2,10H2,1H3;5-6H,2-4H2,1H3;2*1H. The van der Waals surface area contributed by atoms with E-state index in [1.807, 2.05) is 30.3 Å². The summed E-state index contributed by atoms with van der Waals surface area (Å²) in [6.07, 6.45) is 0. The third-order valence-electron chi connectivity index (χ3n) is 5.10. The average Bonchev–Trinajstić information content (AvgIpc) is 3.28. The molecule has 0 aliphatic rings. The highest BCUT2D eigenvalue weighted by Crippen LogP contribution is 2.15. The molecular formula is C23H27N3O4P2S3. The van der Waals surface area contributed by atoms with Crippen molar-refractivity contribution in [3.05, 3.63) is 89.4 Å². The molecule has 2 aromatic heterocycles. The third kappa shape index (κ3) is 7.29. The second-order valence-electron chi connectivity index (χ2n) is 7.06. The summed E-state index contributed by atoms with van der Waals surface area (Å²) in [6.45, 7) is 6.27. The lowest BCUT2D eigenvalue weighted by Gasteiger charge is -1.99. The second kappa shape index (κ2) is 15.9. The normalized spacial score (nSPS) is 10.0. The third-order valence-corrected chi connectivity index (χ3v) is 5.32. The zero-order valence-corrected chi connectivity index (χ0v) is 23.9. The molecule has 0 saturated heterocycles. The van der Waals surface area contributed by atoms with E-state index in [0.29, 0.717) is 0 Å². The van der Waals surface area contributed by atoms with E-state index < -0.39 is 22.2 Å². The number of rotatable bonds is 6. The topological polar surface area (TPSA) is 90.2 Å². The van der Waals surface area contributed by atoms with Gasteiger partial charge < -0.3 is 5.32 Å². The van der Waals surface area contributed by atoms with Gasteiger partial charge in [0.25, 0.3) is 22.2 Å². The summed E-state index contributed by atoms with van der Waals surface area (Å²) in [5.41, 5.74) is -0.906. The molecule has 4 rings (SSSR count). The Morgan fingerprint density at radius 3 is 1.54 bits per heavy atom. The van der Waals surface area contributed by atoms with E-state index in [2.05, 4.69) is 64.5 Å². The first-order chi connectivity index (χ1) is 16.9. The molecule has 0 aliphatic carbocycles. The molecule has 35 heavy (non-hydrogen) atoms. The molecule has 12 heteroatoms. The highest BCUT2D eigenvalue weighted by molar-refractivity contribution is 7.89. The molecule has 0 saturated carbocycles. The van der Waals surface area contributed by atoms with Gasteiger partial charge in [0, 0.05) is 18.8 Å². The van der Waals surface area contributed by atoms with Crippen LogP contribution >= 0.6 is 28.7 Å². The highest BCUT2D eigenvalue weighted by Gasteiger charge is 2.18. The summed E-state index contributed by atoms with van der Waals surface area (Å²) in [4.78, 5) is 49.9. The minimum atomic E-state index is -0.443. The number of fused-ring (bicyclic) bond motifs is 2. The molecule has 2 heterocycles. The monoisotopic (exact) mass is 567 g/mol. The zero-order chi connectivity index (χ0) is 26.5. The van der Waals surface area contributed by atoms with Gasteiger partial charge >= 0.3 is 0 Å². The molecule has 2 aromatic carbocycles. The van der Waals surface area contributed by atoms with Crippen molar-refractivity contribution in [1.82, 2.24) is 14.5 Å². The second-order valence-corrected chi connectivity index (χ2v) is 7.50. The number of thiol groups is 1. The fraction of sp³-hybridized carbons (Fsp3) is 0.304. The molecule has 0 amide bonds. The summed E-state index contributed by atoms with van der Waals surface area (Å²) in [5, 5.41) is 3.86. The molecule has 0 fully saturated rings. The van der Waals surface area contributed by atoms with Crippen LogP contribution in [0.4, 0.5) is 0 Å². The zero-order valence-electron chi connectivity index (χ0n) is 19.4. The smallest absolute Gasteiger partial charge is 0.261 e. The van der Waals surface area contributed by atoms with Gasteiger partial charge in [0.15, 0.2) is 0 Å². The Morgan fingerprint density at radius 1 is 0.771 bits per heavy atom. The van der Waals surface area contributed by atoms with Crippen molar-refractivity contribution in [2.24, 2.45) is 0 Å². The molecule has 4 aromatic rings. The molecule has 0 aliphatic heterocycles. The van der Waals surface area contributed by atoms with Gasteiger partial charge in [-0.05, 0) is 47.2 Å². The van der Waals surface area contributed by atoms with E-state index >= 15 is 0 Å². The van der Waals surface area contributed by atoms with Crippen LogP contribution in [0.1, 0.15) is 19.4 Å². The lowest BCUT2D eigenvalue weighted by atomic mass is 10.1. The van der Waals surface area contributed by atoms with Gasteiger partial charge in [0.1, 0.15) is 0 Å². The van der Waals surface area contributed by atoms with Crippen molar-refractivity contribution >= 4 is 73.8 Å². The number of nitrogens with zero attached hydrogens (tertiary/aromatic N) is 2.